The molecule has 0 heterocycles. The number of sulfonamides is 1. The Morgan fingerprint density at radius 1 is 1.17 bits per heavy atom. The lowest BCUT2D eigenvalue weighted by molar-refractivity contribution is -0.120. The van der Waals surface area contributed by atoms with Crippen LogP contribution in [0.3, 0.4) is 0 Å². The first-order chi connectivity index (χ1) is 11.1. The molecular weight excluding hydrogens is 330 g/mol. The number of carbonyl (C=O) groups excluding carboxylic acids is 2. The van der Waals surface area contributed by atoms with Gasteiger partial charge < -0.3 is 10.2 Å². The van der Waals surface area contributed by atoms with Gasteiger partial charge in [0.1, 0.15) is 6.54 Å². The second-order valence-electron chi connectivity index (χ2n) is 5.89. The van der Waals surface area contributed by atoms with Gasteiger partial charge >= 0.3 is 0 Å². The summed E-state index contributed by atoms with van der Waals surface area (Å²) in [5.41, 5.74) is 0.786. The molecule has 0 saturated heterocycles. The minimum atomic E-state index is -3.63. The third kappa shape index (κ3) is 5.52. The van der Waals surface area contributed by atoms with Crippen LogP contribution in [0.1, 0.15) is 30.6 Å². The number of benzene rings is 1. The molecule has 0 aromatic heterocycles. The van der Waals surface area contributed by atoms with Gasteiger partial charge in [-0.2, -0.15) is 0 Å². The molecule has 0 saturated carbocycles. The summed E-state index contributed by atoms with van der Waals surface area (Å²) in [4.78, 5) is 25.3. The van der Waals surface area contributed by atoms with Crippen LogP contribution in [-0.2, 0) is 14.8 Å². The van der Waals surface area contributed by atoms with Crippen molar-refractivity contribution >= 4 is 27.5 Å². The SMILES string of the molecule is CCC(C)NC(=O)CN(c1ccc(C(=O)N(C)C)cc1)S(C)(=O)=O. The number of rotatable bonds is 7. The third-order valence-electron chi connectivity index (χ3n) is 3.52. The summed E-state index contributed by atoms with van der Waals surface area (Å²) in [6.07, 6.45) is 1.80. The highest BCUT2D eigenvalue weighted by Gasteiger charge is 2.21. The number of anilines is 1. The van der Waals surface area contributed by atoms with E-state index in [1.807, 2.05) is 13.8 Å². The molecule has 1 aromatic carbocycles. The minimum Gasteiger partial charge on any atom is -0.352 e. The maximum Gasteiger partial charge on any atom is 0.253 e. The van der Waals surface area contributed by atoms with Crippen LogP contribution in [0.4, 0.5) is 5.69 Å². The molecule has 0 radical (unpaired) electrons. The lowest BCUT2D eigenvalue weighted by Crippen LogP contribution is -2.43. The van der Waals surface area contributed by atoms with E-state index >= 15 is 0 Å². The molecule has 0 fully saturated rings. The summed E-state index contributed by atoms with van der Waals surface area (Å²) >= 11 is 0. The zero-order valence-electron chi connectivity index (χ0n) is 14.7. The van der Waals surface area contributed by atoms with Gasteiger partial charge in [0, 0.05) is 25.7 Å². The Kier molecular flexibility index (Phi) is 6.77. The van der Waals surface area contributed by atoms with E-state index in [-0.39, 0.29) is 24.4 Å². The van der Waals surface area contributed by atoms with Crippen molar-refractivity contribution in [3.8, 4) is 0 Å². The van der Waals surface area contributed by atoms with Crippen molar-refractivity contribution in [2.24, 2.45) is 0 Å². The molecule has 1 aromatic rings. The molecule has 134 valence electrons. The van der Waals surface area contributed by atoms with Crippen LogP contribution in [0.15, 0.2) is 24.3 Å². The number of amides is 2. The Bertz CT molecular complexity index is 684. The van der Waals surface area contributed by atoms with Gasteiger partial charge in [-0.25, -0.2) is 8.42 Å². The highest BCUT2D eigenvalue weighted by Crippen LogP contribution is 2.18. The molecule has 0 aliphatic carbocycles. The van der Waals surface area contributed by atoms with Gasteiger partial charge in [0.25, 0.3) is 5.91 Å². The van der Waals surface area contributed by atoms with Crippen molar-refractivity contribution in [3.63, 3.8) is 0 Å². The fraction of sp³-hybridized carbons (Fsp3) is 0.500. The fourth-order valence-electron chi connectivity index (χ4n) is 1.98. The van der Waals surface area contributed by atoms with E-state index in [1.54, 1.807) is 26.2 Å². The lowest BCUT2D eigenvalue weighted by atomic mass is 10.2. The van der Waals surface area contributed by atoms with Crippen molar-refractivity contribution in [1.29, 1.82) is 0 Å². The van der Waals surface area contributed by atoms with Gasteiger partial charge in [-0.05, 0) is 37.6 Å². The molecule has 0 bridgehead atoms. The standard InChI is InChI=1S/C16H25N3O4S/c1-6-12(2)17-15(20)11-19(24(5,22)23)14-9-7-13(8-10-14)16(21)18(3)4/h7-10,12H,6,11H2,1-5H3,(H,17,20). The van der Waals surface area contributed by atoms with E-state index in [1.165, 1.54) is 17.0 Å². The zero-order chi connectivity index (χ0) is 18.5. The number of nitrogens with zero attached hydrogens (tertiary/aromatic N) is 2. The Balaban J connectivity index is 3.02. The van der Waals surface area contributed by atoms with E-state index in [4.69, 9.17) is 0 Å². The molecule has 0 aliphatic heterocycles. The number of nitrogens with one attached hydrogen (secondary N) is 1. The largest absolute Gasteiger partial charge is 0.352 e. The smallest absolute Gasteiger partial charge is 0.253 e. The average Bonchev–Trinajstić information content (AvgIpc) is 2.50. The second-order valence-corrected chi connectivity index (χ2v) is 7.80. The maximum atomic E-state index is 12.0. The molecule has 0 aliphatic rings. The quantitative estimate of drug-likeness (QED) is 0.793. The van der Waals surface area contributed by atoms with Gasteiger partial charge in [-0.1, -0.05) is 6.92 Å². The van der Waals surface area contributed by atoms with Crippen LogP contribution in [-0.4, -0.2) is 58.1 Å². The van der Waals surface area contributed by atoms with Gasteiger partial charge in [-0.3, -0.25) is 13.9 Å². The van der Waals surface area contributed by atoms with Gasteiger partial charge in [0.05, 0.1) is 11.9 Å². The van der Waals surface area contributed by atoms with Crippen LogP contribution in [0, 0.1) is 0 Å². The molecule has 2 amide bonds. The van der Waals surface area contributed by atoms with Gasteiger partial charge in [-0.15, -0.1) is 0 Å². The summed E-state index contributed by atoms with van der Waals surface area (Å²) in [5, 5.41) is 2.74. The first-order valence-corrected chi connectivity index (χ1v) is 9.49. The van der Waals surface area contributed by atoms with Crippen LogP contribution in [0.25, 0.3) is 0 Å². The van der Waals surface area contributed by atoms with Crippen LogP contribution < -0.4 is 9.62 Å². The summed E-state index contributed by atoms with van der Waals surface area (Å²) in [7, 11) is -0.353. The Morgan fingerprint density at radius 2 is 1.71 bits per heavy atom. The highest BCUT2D eigenvalue weighted by atomic mass is 32.2. The number of hydrogen-bond donors (Lipinski definition) is 1. The van der Waals surface area contributed by atoms with Crippen LogP contribution in [0.5, 0.6) is 0 Å². The normalized spacial score (nSPS) is 12.4. The number of carbonyl (C=O) groups is 2. The molecule has 0 spiro atoms. The van der Waals surface area contributed by atoms with Crippen molar-refractivity contribution in [3.05, 3.63) is 29.8 Å². The van der Waals surface area contributed by atoms with E-state index in [0.29, 0.717) is 11.3 Å². The van der Waals surface area contributed by atoms with E-state index in [0.717, 1.165) is 17.0 Å². The topological polar surface area (TPSA) is 86.8 Å². The maximum absolute atomic E-state index is 12.0. The van der Waals surface area contributed by atoms with Crippen LogP contribution in [0.2, 0.25) is 0 Å². The van der Waals surface area contributed by atoms with Crippen molar-refractivity contribution in [1.82, 2.24) is 10.2 Å². The summed E-state index contributed by atoms with van der Waals surface area (Å²) in [6, 6.07) is 6.10. The first-order valence-electron chi connectivity index (χ1n) is 7.65. The molecule has 1 atom stereocenters. The zero-order valence-corrected chi connectivity index (χ0v) is 15.6. The van der Waals surface area contributed by atoms with E-state index in [2.05, 4.69) is 5.32 Å². The highest BCUT2D eigenvalue weighted by molar-refractivity contribution is 7.92. The van der Waals surface area contributed by atoms with E-state index < -0.39 is 10.0 Å². The lowest BCUT2D eigenvalue weighted by Gasteiger charge is -2.23. The van der Waals surface area contributed by atoms with Crippen molar-refractivity contribution < 1.29 is 18.0 Å². The minimum absolute atomic E-state index is 0.0287. The molecule has 1 N–H and O–H groups in total. The molecular formula is C16H25N3O4S. The fourth-order valence-corrected chi connectivity index (χ4v) is 2.84. The molecule has 1 unspecified atom stereocenters. The van der Waals surface area contributed by atoms with Gasteiger partial charge in [0.15, 0.2) is 0 Å². The summed E-state index contributed by atoms with van der Waals surface area (Å²) in [6.45, 7) is 3.48. The summed E-state index contributed by atoms with van der Waals surface area (Å²) < 4.78 is 25.1. The van der Waals surface area contributed by atoms with Crippen LogP contribution >= 0.6 is 0 Å². The summed E-state index contributed by atoms with van der Waals surface area (Å²) in [5.74, 6) is -0.551. The molecule has 1 rings (SSSR count). The molecule has 7 nitrogen and oxygen atoms in total. The Hall–Kier alpha value is -2.09. The number of hydrogen-bond acceptors (Lipinski definition) is 4. The first kappa shape index (κ1) is 20.0. The third-order valence-corrected chi connectivity index (χ3v) is 4.66. The monoisotopic (exact) mass is 355 g/mol. The molecule has 24 heavy (non-hydrogen) atoms. The average molecular weight is 355 g/mol. The molecule has 8 heteroatoms. The van der Waals surface area contributed by atoms with Crippen molar-refractivity contribution in [2.45, 2.75) is 26.3 Å². The Labute approximate surface area is 143 Å². The van der Waals surface area contributed by atoms with Gasteiger partial charge in [0.2, 0.25) is 15.9 Å². The Morgan fingerprint density at radius 3 is 2.12 bits per heavy atom. The second kappa shape index (κ2) is 8.14. The van der Waals surface area contributed by atoms with E-state index in [9.17, 15) is 18.0 Å². The predicted octanol–water partition coefficient (Wildman–Crippen LogP) is 1.07. The van der Waals surface area contributed by atoms with Crippen molar-refractivity contribution in [2.75, 3.05) is 31.2 Å². The predicted molar refractivity (Wildman–Crippen MR) is 94.5 cm³/mol.